The van der Waals surface area contributed by atoms with E-state index in [0.717, 1.165) is 23.0 Å². The molecule has 134 valence electrons. The molecule has 0 aliphatic rings. The van der Waals surface area contributed by atoms with Crippen molar-refractivity contribution in [1.82, 2.24) is 15.0 Å². The minimum atomic E-state index is -2.96. The van der Waals surface area contributed by atoms with Crippen molar-refractivity contribution >= 4 is 21.0 Å². The summed E-state index contributed by atoms with van der Waals surface area (Å²) in [5.41, 5.74) is 2.44. The predicted octanol–water partition coefficient (Wildman–Crippen LogP) is 2.75. The molecular formula is C18H23N3O3S. The van der Waals surface area contributed by atoms with E-state index in [1.54, 1.807) is 25.6 Å². The van der Waals surface area contributed by atoms with Crippen molar-refractivity contribution in [2.75, 3.05) is 26.6 Å². The number of rotatable bonds is 7. The molecule has 1 N–H and O–H groups in total. The van der Waals surface area contributed by atoms with Gasteiger partial charge in [0, 0.05) is 38.2 Å². The number of fused-ring (bicyclic) bond motifs is 1. The van der Waals surface area contributed by atoms with E-state index >= 15 is 0 Å². The Balaban J connectivity index is 1.92. The van der Waals surface area contributed by atoms with Gasteiger partial charge in [-0.25, -0.2) is 9.97 Å². The summed E-state index contributed by atoms with van der Waals surface area (Å²) in [7, 11) is -1.30. The first-order valence-corrected chi connectivity index (χ1v) is 10.3. The van der Waals surface area contributed by atoms with Gasteiger partial charge in [-0.3, -0.25) is 4.21 Å². The molecule has 2 heterocycles. The number of nitrogens with zero attached hydrogens (tertiary/aromatic N) is 2. The van der Waals surface area contributed by atoms with Gasteiger partial charge in [-0.2, -0.15) is 0 Å². The number of aromatic amines is 1. The van der Waals surface area contributed by atoms with Crippen LogP contribution < -0.4 is 4.74 Å². The second-order valence-corrected chi connectivity index (χ2v) is 8.65. The van der Waals surface area contributed by atoms with E-state index in [4.69, 9.17) is 9.47 Å². The number of imidazole rings is 1. The van der Waals surface area contributed by atoms with Gasteiger partial charge in [0.05, 0.1) is 17.6 Å². The zero-order valence-corrected chi connectivity index (χ0v) is 15.5. The molecule has 1 aromatic carbocycles. The summed E-state index contributed by atoms with van der Waals surface area (Å²) in [5.74, 6) is 0.694. The second-order valence-electron chi connectivity index (χ2n) is 5.95. The number of para-hydroxylation sites is 2. The molecule has 0 atom stereocenters. The van der Waals surface area contributed by atoms with Gasteiger partial charge in [0.2, 0.25) is 0 Å². The van der Waals surface area contributed by atoms with Crippen LogP contribution >= 0.6 is 0 Å². The van der Waals surface area contributed by atoms with Gasteiger partial charge >= 0.3 is 0 Å². The van der Waals surface area contributed by atoms with E-state index in [2.05, 4.69) is 15.0 Å². The van der Waals surface area contributed by atoms with Crippen molar-refractivity contribution in [1.29, 1.82) is 0 Å². The lowest BCUT2D eigenvalue weighted by Crippen LogP contribution is -2.16. The third kappa shape index (κ3) is 3.57. The molecule has 25 heavy (non-hydrogen) atoms. The van der Waals surface area contributed by atoms with Crippen molar-refractivity contribution in [2.45, 2.75) is 23.5 Å². The van der Waals surface area contributed by atoms with Crippen molar-refractivity contribution in [2.24, 2.45) is 0 Å². The number of methoxy groups -OCH3 is 1. The van der Waals surface area contributed by atoms with Crippen LogP contribution in [0.25, 0.3) is 11.0 Å². The molecule has 2 aromatic heterocycles. The van der Waals surface area contributed by atoms with Gasteiger partial charge < -0.3 is 14.5 Å². The third-order valence-electron chi connectivity index (χ3n) is 4.06. The standard InChI is InChI=1S/C18H23N3O3S/c1-13-16(24-12-6-11-23-2)9-10-19-17(13)25(3,22)18-20-14-7-4-5-8-15(14)21-18/h4-5,7-10,25H,6,11-12H2,1-3H3,(H,20,21). The third-order valence-corrected chi connectivity index (χ3v) is 6.34. The van der Waals surface area contributed by atoms with E-state index < -0.39 is 9.93 Å². The molecule has 0 aliphatic heterocycles. The maximum atomic E-state index is 13.5. The van der Waals surface area contributed by atoms with Crippen LogP contribution in [0, 0.1) is 6.92 Å². The molecule has 3 aromatic rings. The quantitative estimate of drug-likeness (QED) is 0.500. The van der Waals surface area contributed by atoms with Gasteiger partial charge in [0.25, 0.3) is 0 Å². The summed E-state index contributed by atoms with van der Waals surface area (Å²) in [6.45, 7) is 3.06. The summed E-state index contributed by atoms with van der Waals surface area (Å²) < 4.78 is 24.3. The average Bonchev–Trinajstić information content (AvgIpc) is 3.05. The van der Waals surface area contributed by atoms with E-state index in [-0.39, 0.29) is 0 Å². The summed E-state index contributed by atoms with van der Waals surface area (Å²) in [6, 6.07) is 9.44. The fourth-order valence-electron chi connectivity index (χ4n) is 2.72. The fourth-order valence-corrected chi connectivity index (χ4v) is 4.59. The number of pyridine rings is 1. The molecule has 0 bridgehead atoms. The Bertz CT molecular complexity index is 890. The van der Waals surface area contributed by atoms with Gasteiger partial charge in [0.1, 0.15) is 10.8 Å². The van der Waals surface area contributed by atoms with E-state index in [1.807, 2.05) is 31.2 Å². The van der Waals surface area contributed by atoms with Crippen LogP contribution in [0.1, 0.15) is 12.0 Å². The normalized spacial score (nSPS) is 12.4. The maximum absolute atomic E-state index is 13.5. The smallest absolute Gasteiger partial charge is 0.178 e. The number of aromatic nitrogens is 3. The van der Waals surface area contributed by atoms with Crippen molar-refractivity contribution < 1.29 is 13.7 Å². The Morgan fingerprint density at radius 1 is 1.20 bits per heavy atom. The lowest BCUT2D eigenvalue weighted by atomic mass is 10.3. The number of nitrogens with one attached hydrogen (secondary N) is 1. The molecule has 6 nitrogen and oxygen atoms in total. The summed E-state index contributed by atoms with van der Waals surface area (Å²) in [6.07, 6.45) is 4.11. The first kappa shape index (κ1) is 17.6. The Labute approximate surface area is 148 Å². The molecule has 0 fully saturated rings. The predicted molar refractivity (Wildman–Crippen MR) is 99.0 cm³/mol. The molecule has 0 aliphatic carbocycles. The first-order valence-electron chi connectivity index (χ1n) is 8.15. The van der Waals surface area contributed by atoms with Crippen LogP contribution in [-0.4, -0.2) is 45.7 Å². The lowest BCUT2D eigenvalue weighted by Gasteiger charge is -2.19. The number of hydrogen-bond donors (Lipinski definition) is 2. The lowest BCUT2D eigenvalue weighted by molar-refractivity contribution is 0.171. The minimum Gasteiger partial charge on any atom is -0.493 e. The number of ether oxygens (including phenoxy) is 2. The SMILES string of the molecule is COCCCOc1ccnc([SH](C)(=O)c2nc3ccccc3[nH]2)c1C. The Hall–Kier alpha value is -2.25. The highest BCUT2D eigenvalue weighted by Gasteiger charge is 2.24. The van der Waals surface area contributed by atoms with Crippen molar-refractivity contribution in [3.05, 3.63) is 42.1 Å². The molecule has 7 heteroatoms. The first-order chi connectivity index (χ1) is 12.0. The van der Waals surface area contributed by atoms with Gasteiger partial charge in [-0.05, 0) is 35.1 Å². The number of hydrogen-bond acceptors (Lipinski definition) is 5. The van der Waals surface area contributed by atoms with Crippen molar-refractivity contribution in [3.8, 4) is 5.75 Å². The molecule has 3 rings (SSSR count). The molecule has 0 unspecified atom stereocenters. The highest BCUT2D eigenvalue weighted by atomic mass is 32.2. The van der Waals surface area contributed by atoms with Crippen LogP contribution in [0.5, 0.6) is 5.75 Å². The van der Waals surface area contributed by atoms with E-state index in [1.165, 1.54) is 0 Å². The topological polar surface area (TPSA) is 77.1 Å². The van der Waals surface area contributed by atoms with Crippen molar-refractivity contribution in [3.63, 3.8) is 0 Å². The van der Waals surface area contributed by atoms with Crippen LogP contribution in [-0.2, 0) is 14.7 Å². The van der Waals surface area contributed by atoms with Crippen LogP contribution in [0.2, 0.25) is 0 Å². The molecular weight excluding hydrogens is 338 g/mol. The van der Waals surface area contributed by atoms with Gasteiger partial charge in [0.15, 0.2) is 5.16 Å². The van der Waals surface area contributed by atoms with Gasteiger partial charge in [-0.1, -0.05) is 12.1 Å². The molecule has 0 radical (unpaired) electrons. The minimum absolute atomic E-state index is 0.459. The Morgan fingerprint density at radius 2 is 2.00 bits per heavy atom. The highest BCUT2D eigenvalue weighted by molar-refractivity contribution is 8.02. The largest absolute Gasteiger partial charge is 0.493 e. The summed E-state index contributed by atoms with van der Waals surface area (Å²) >= 11 is 0. The zero-order chi connectivity index (χ0) is 17.9. The number of thiol groups is 1. The highest BCUT2D eigenvalue weighted by Crippen LogP contribution is 2.31. The second kappa shape index (κ2) is 7.33. The van der Waals surface area contributed by atoms with E-state index in [0.29, 0.717) is 29.1 Å². The molecule has 0 saturated heterocycles. The molecule has 0 saturated carbocycles. The molecule has 0 amide bonds. The summed E-state index contributed by atoms with van der Waals surface area (Å²) in [5, 5.41) is 0.983. The average molecular weight is 361 g/mol. The Morgan fingerprint density at radius 3 is 2.76 bits per heavy atom. The number of H-pyrrole nitrogens is 1. The maximum Gasteiger partial charge on any atom is 0.178 e. The number of benzene rings is 1. The zero-order valence-electron chi connectivity index (χ0n) is 14.7. The molecule has 0 spiro atoms. The van der Waals surface area contributed by atoms with E-state index in [9.17, 15) is 4.21 Å². The summed E-state index contributed by atoms with van der Waals surface area (Å²) in [4.78, 5) is 12.0. The fraction of sp³-hybridized carbons (Fsp3) is 0.333. The van der Waals surface area contributed by atoms with Gasteiger partial charge in [-0.15, -0.1) is 0 Å². The monoisotopic (exact) mass is 361 g/mol. The van der Waals surface area contributed by atoms with Crippen LogP contribution in [0.4, 0.5) is 0 Å². The van der Waals surface area contributed by atoms with Crippen LogP contribution in [0.15, 0.2) is 46.7 Å². The Kier molecular flexibility index (Phi) is 5.15. The van der Waals surface area contributed by atoms with Crippen LogP contribution in [0.3, 0.4) is 0 Å².